The fourth-order valence-electron chi connectivity index (χ4n) is 1.58. The number of hydrogen-bond acceptors (Lipinski definition) is 4. The van der Waals surface area contributed by atoms with Gasteiger partial charge < -0.3 is 19.9 Å². The van der Waals surface area contributed by atoms with Crippen LogP contribution in [0.5, 0.6) is 0 Å². The Morgan fingerprint density at radius 1 is 1.44 bits per heavy atom. The van der Waals surface area contributed by atoms with Crippen molar-refractivity contribution in [2.24, 2.45) is 5.92 Å². The third kappa shape index (κ3) is 5.44. The molecule has 0 aromatic heterocycles. The van der Waals surface area contributed by atoms with E-state index < -0.39 is 5.97 Å². The minimum absolute atomic E-state index is 0.325. The molecule has 1 aliphatic carbocycles. The maximum Gasteiger partial charge on any atom is 0.320 e. The van der Waals surface area contributed by atoms with E-state index in [9.17, 15) is 4.79 Å². The zero-order valence-electron chi connectivity index (χ0n) is 9.78. The van der Waals surface area contributed by atoms with E-state index in [0.717, 1.165) is 19.3 Å². The second-order valence-electron chi connectivity index (χ2n) is 4.07. The second-order valence-corrected chi connectivity index (χ2v) is 4.07. The van der Waals surface area contributed by atoms with Crippen LogP contribution in [0.1, 0.15) is 19.3 Å². The highest BCUT2D eigenvalue weighted by atomic mass is 16.5. The molecule has 0 radical (unpaired) electrons. The van der Waals surface area contributed by atoms with Gasteiger partial charge in [0.25, 0.3) is 0 Å². The normalized spacial score (nSPS) is 17.3. The molecule has 2 N–H and O–H groups in total. The lowest BCUT2D eigenvalue weighted by Crippen LogP contribution is -2.40. The molecule has 0 aromatic rings. The molecule has 1 saturated carbocycles. The predicted molar refractivity (Wildman–Crippen MR) is 59.5 cm³/mol. The Hall–Kier alpha value is -0.650. The van der Waals surface area contributed by atoms with Gasteiger partial charge in [-0.1, -0.05) is 0 Å². The number of ether oxygens (including phenoxy) is 2. The third-order valence-corrected chi connectivity index (χ3v) is 2.61. The van der Waals surface area contributed by atoms with Gasteiger partial charge in [0.05, 0.1) is 6.61 Å². The van der Waals surface area contributed by atoms with Crippen LogP contribution >= 0.6 is 0 Å². The molecule has 94 valence electrons. The number of hydrogen-bond donors (Lipinski definition) is 2. The summed E-state index contributed by atoms with van der Waals surface area (Å²) in [5.41, 5.74) is 0. The second kappa shape index (κ2) is 7.60. The SMILES string of the molecule is COCCCOCCNC(C(=O)O)C1CC1. The number of methoxy groups -OCH3 is 1. The van der Waals surface area contributed by atoms with Gasteiger partial charge in [0.15, 0.2) is 0 Å². The van der Waals surface area contributed by atoms with Gasteiger partial charge in [0.2, 0.25) is 0 Å². The Morgan fingerprint density at radius 2 is 2.19 bits per heavy atom. The quantitative estimate of drug-likeness (QED) is 0.536. The Bertz CT molecular complexity index is 206. The van der Waals surface area contributed by atoms with Crippen LogP contribution in [0.4, 0.5) is 0 Å². The van der Waals surface area contributed by atoms with Gasteiger partial charge >= 0.3 is 5.97 Å². The molecule has 0 aromatic carbocycles. The number of carboxylic acids is 1. The first-order valence-electron chi connectivity index (χ1n) is 5.78. The number of aliphatic carboxylic acids is 1. The third-order valence-electron chi connectivity index (χ3n) is 2.61. The monoisotopic (exact) mass is 231 g/mol. The van der Waals surface area contributed by atoms with Crippen molar-refractivity contribution in [3.8, 4) is 0 Å². The number of nitrogens with one attached hydrogen (secondary N) is 1. The Morgan fingerprint density at radius 3 is 2.75 bits per heavy atom. The molecule has 16 heavy (non-hydrogen) atoms. The molecule has 0 bridgehead atoms. The Labute approximate surface area is 96.1 Å². The van der Waals surface area contributed by atoms with Crippen LogP contribution in [0.15, 0.2) is 0 Å². The lowest BCUT2D eigenvalue weighted by molar-refractivity contribution is -0.140. The highest BCUT2D eigenvalue weighted by molar-refractivity contribution is 5.74. The van der Waals surface area contributed by atoms with Crippen LogP contribution < -0.4 is 5.32 Å². The van der Waals surface area contributed by atoms with Crippen LogP contribution in [0.25, 0.3) is 0 Å². The Balaban J connectivity index is 1.94. The highest BCUT2D eigenvalue weighted by Crippen LogP contribution is 2.32. The van der Waals surface area contributed by atoms with Crippen molar-refractivity contribution in [1.82, 2.24) is 5.32 Å². The van der Waals surface area contributed by atoms with Gasteiger partial charge in [-0.15, -0.1) is 0 Å². The fraction of sp³-hybridized carbons (Fsp3) is 0.909. The van der Waals surface area contributed by atoms with E-state index in [-0.39, 0.29) is 6.04 Å². The molecule has 0 amide bonds. The van der Waals surface area contributed by atoms with Crippen LogP contribution in [0.3, 0.4) is 0 Å². The van der Waals surface area contributed by atoms with Gasteiger partial charge in [0, 0.05) is 26.9 Å². The first-order chi connectivity index (χ1) is 7.75. The zero-order chi connectivity index (χ0) is 11.8. The number of carbonyl (C=O) groups is 1. The summed E-state index contributed by atoms with van der Waals surface area (Å²) in [5, 5.41) is 12.0. The van der Waals surface area contributed by atoms with Crippen molar-refractivity contribution in [1.29, 1.82) is 0 Å². The van der Waals surface area contributed by atoms with Crippen LogP contribution in [-0.2, 0) is 14.3 Å². The van der Waals surface area contributed by atoms with Gasteiger partial charge in [-0.3, -0.25) is 4.79 Å². The summed E-state index contributed by atoms with van der Waals surface area (Å²) in [7, 11) is 1.66. The fourth-order valence-corrected chi connectivity index (χ4v) is 1.58. The summed E-state index contributed by atoms with van der Waals surface area (Å²) >= 11 is 0. The molecule has 1 atom stereocenters. The average molecular weight is 231 g/mol. The van der Waals surface area contributed by atoms with Crippen molar-refractivity contribution in [2.45, 2.75) is 25.3 Å². The van der Waals surface area contributed by atoms with Crippen molar-refractivity contribution in [3.63, 3.8) is 0 Å². The topological polar surface area (TPSA) is 67.8 Å². The van der Waals surface area contributed by atoms with E-state index in [1.807, 2.05) is 0 Å². The maximum atomic E-state index is 10.9. The van der Waals surface area contributed by atoms with Crippen LogP contribution in [0, 0.1) is 5.92 Å². The summed E-state index contributed by atoms with van der Waals surface area (Å²) < 4.78 is 10.2. The van der Waals surface area contributed by atoms with E-state index in [1.54, 1.807) is 7.11 Å². The summed E-state index contributed by atoms with van der Waals surface area (Å²) in [6, 6.07) is -0.387. The molecule has 0 spiro atoms. The van der Waals surface area contributed by atoms with Crippen LogP contribution in [-0.4, -0.2) is 50.6 Å². The molecule has 0 saturated heterocycles. The first-order valence-corrected chi connectivity index (χ1v) is 5.78. The number of carboxylic acid groups (broad SMARTS) is 1. The highest BCUT2D eigenvalue weighted by Gasteiger charge is 2.35. The predicted octanol–water partition coefficient (Wildman–Crippen LogP) is 0.492. The van der Waals surface area contributed by atoms with Gasteiger partial charge in [-0.2, -0.15) is 0 Å². The van der Waals surface area contributed by atoms with E-state index in [4.69, 9.17) is 14.6 Å². The van der Waals surface area contributed by atoms with E-state index in [1.165, 1.54) is 0 Å². The maximum absolute atomic E-state index is 10.9. The molecule has 1 fully saturated rings. The van der Waals surface area contributed by atoms with E-state index in [0.29, 0.717) is 32.3 Å². The van der Waals surface area contributed by atoms with Crippen LogP contribution in [0.2, 0.25) is 0 Å². The zero-order valence-corrected chi connectivity index (χ0v) is 9.78. The minimum Gasteiger partial charge on any atom is -0.480 e. The molecule has 5 heteroatoms. The summed E-state index contributed by atoms with van der Waals surface area (Å²) in [4.78, 5) is 10.9. The standard InChI is InChI=1S/C11H21NO4/c1-15-6-2-7-16-8-5-12-10(11(13)14)9-3-4-9/h9-10,12H,2-8H2,1H3,(H,13,14). The largest absolute Gasteiger partial charge is 0.480 e. The first kappa shape index (κ1) is 13.4. The van der Waals surface area contributed by atoms with Gasteiger partial charge in [-0.25, -0.2) is 0 Å². The van der Waals surface area contributed by atoms with Gasteiger partial charge in [-0.05, 0) is 25.2 Å². The van der Waals surface area contributed by atoms with Crippen molar-refractivity contribution >= 4 is 5.97 Å². The molecule has 1 unspecified atom stereocenters. The lowest BCUT2D eigenvalue weighted by atomic mass is 10.2. The van der Waals surface area contributed by atoms with E-state index in [2.05, 4.69) is 5.32 Å². The lowest BCUT2D eigenvalue weighted by Gasteiger charge is -2.13. The van der Waals surface area contributed by atoms with E-state index >= 15 is 0 Å². The molecule has 5 nitrogen and oxygen atoms in total. The molecule has 1 aliphatic rings. The number of rotatable bonds is 10. The summed E-state index contributed by atoms with van der Waals surface area (Å²) in [6.45, 7) is 2.52. The molecule has 0 aliphatic heterocycles. The molecule has 0 heterocycles. The van der Waals surface area contributed by atoms with Crippen molar-refractivity contribution in [3.05, 3.63) is 0 Å². The van der Waals surface area contributed by atoms with Crippen molar-refractivity contribution in [2.75, 3.05) is 33.5 Å². The average Bonchev–Trinajstić information content (AvgIpc) is 3.05. The molecular formula is C11H21NO4. The molecular weight excluding hydrogens is 210 g/mol. The van der Waals surface area contributed by atoms with Gasteiger partial charge in [0.1, 0.15) is 6.04 Å². The Kier molecular flexibility index (Phi) is 6.37. The smallest absolute Gasteiger partial charge is 0.320 e. The molecule has 1 rings (SSSR count). The summed E-state index contributed by atoms with van der Waals surface area (Å²) in [5.74, 6) is -0.423. The summed E-state index contributed by atoms with van der Waals surface area (Å²) in [6.07, 6.45) is 2.93. The minimum atomic E-state index is -0.748. The van der Waals surface area contributed by atoms with Crippen molar-refractivity contribution < 1.29 is 19.4 Å².